The van der Waals surface area contributed by atoms with Crippen molar-refractivity contribution in [2.45, 2.75) is 57.7 Å². The maximum Gasteiger partial charge on any atom is 0.407 e. The molecule has 0 spiro atoms. The average molecular weight is 425 g/mol. The van der Waals surface area contributed by atoms with E-state index in [1.807, 2.05) is 13.0 Å². The van der Waals surface area contributed by atoms with Crippen LogP contribution in [0.3, 0.4) is 0 Å². The van der Waals surface area contributed by atoms with E-state index < -0.39 is 6.09 Å². The van der Waals surface area contributed by atoms with E-state index >= 15 is 0 Å². The molecule has 3 heterocycles. The Balaban J connectivity index is 1.80. The second-order valence-corrected chi connectivity index (χ2v) is 8.24. The number of amides is 2. The van der Waals surface area contributed by atoms with Gasteiger partial charge in [0.05, 0.1) is 12.7 Å². The number of fused-ring (bicyclic) bond motifs is 1. The van der Waals surface area contributed by atoms with Gasteiger partial charge in [0.2, 0.25) is 5.91 Å². The maximum absolute atomic E-state index is 13.0. The Morgan fingerprint density at radius 3 is 2.71 bits per heavy atom. The van der Waals surface area contributed by atoms with E-state index in [1.54, 1.807) is 30.5 Å². The molecule has 31 heavy (non-hydrogen) atoms. The van der Waals surface area contributed by atoms with Crippen molar-refractivity contribution in [3.8, 4) is 11.4 Å². The lowest BCUT2D eigenvalue weighted by atomic mass is 10.0. The van der Waals surface area contributed by atoms with E-state index in [9.17, 15) is 14.7 Å². The van der Waals surface area contributed by atoms with Gasteiger partial charge in [-0.3, -0.25) is 9.78 Å². The van der Waals surface area contributed by atoms with E-state index in [4.69, 9.17) is 4.98 Å². The molecule has 1 atom stereocenters. The van der Waals surface area contributed by atoms with Crippen LogP contribution in [-0.2, 0) is 11.3 Å². The van der Waals surface area contributed by atoms with E-state index in [1.165, 1.54) is 11.9 Å². The Hall–Kier alpha value is -3.23. The van der Waals surface area contributed by atoms with Gasteiger partial charge in [0.25, 0.3) is 0 Å². The highest BCUT2D eigenvalue weighted by Gasteiger charge is 2.41. The fourth-order valence-corrected chi connectivity index (χ4v) is 4.61. The van der Waals surface area contributed by atoms with Gasteiger partial charge < -0.3 is 19.8 Å². The Kier molecular flexibility index (Phi) is 5.75. The highest BCUT2D eigenvalue weighted by atomic mass is 16.4. The summed E-state index contributed by atoms with van der Waals surface area (Å²) in [4.78, 5) is 43.0. The molecule has 2 aliphatic rings. The molecule has 0 unspecified atom stereocenters. The lowest BCUT2D eigenvalue weighted by molar-refractivity contribution is -0.120. The zero-order valence-corrected chi connectivity index (χ0v) is 18.2. The molecule has 0 radical (unpaired) electrons. The summed E-state index contributed by atoms with van der Waals surface area (Å²) in [5.74, 6) is 1.36. The molecule has 2 amide bonds. The van der Waals surface area contributed by atoms with E-state index in [-0.39, 0.29) is 18.5 Å². The van der Waals surface area contributed by atoms with Crippen LogP contribution in [0.15, 0.2) is 24.7 Å². The number of aromatic nitrogens is 3. The van der Waals surface area contributed by atoms with Crippen molar-refractivity contribution in [2.75, 3.05) is 23.9 Å². The lowest BCUT2D eigenvalue weighted by Gasteiger charge is -2.43. The monoisotopic (exact) mass is 424 g/mol. The predicted molar refractivity (Wildman–Crippen MR) is 117 cm³/mol. The summed E-state index contributed by atoms with van der Waals surface area (Å²) in [6.45, 7) is 2.22. The molecule has 9 nitrogen and oxygen atoms in total. The Bertz CT molecular complexity index is 991. The SMILES string of the molecule is CC[C@@H]1C(=O)N(C)c2cnc(-c3ccncc3CN(C)C(=O)O)nc2N1C1CCCC1. The highest BCUT2D eigenvalue weighted by molar-refractivity contribution is 6.04. The normalized spacial score (nSPS) is 18.9. The molecule has 164 valence electrons. The third-order valence-electron chi connectivity index (χ3n) is 6.29. The Morgan fingerprint density at radius 2 is 2.03 bits per heavy atom. The van der Waals surface area contributed by atoms with E-state index in [0.29, 0.717) is 24.0 Å². The molecule has 0 saturated heterocycles. The first kappa shape index (κ1) is 21.0. The van der Waals surface area contributed by atoms with Crippen LogP contribution in [0, 0.1) is 0 Å². The molecule has 9 heteroatoms. The minimum absolute atomic E-state index is 0.0749. The van der Waals surface area contributed by atoms with Gasteiger partial charge in [-0.25, -0.2) is 14.8 Å². The molecule has 2 aromatic heterocycles. The number of carbonyl (C=O) groups is 2. The number of hydrogen-bond acceptors (Lipinski definition) is 6. The Labute approximate surface area is 181 Å². The Morgan fingerprint density at radius 1 is 1.29 bits per heavy atom. The van der Waals surface area contributed by atoms with Crippen LogP contribution in [0.5, 0.6) is 0 Å². The van der Waals surface area contributed by atoms with Crippen molar-refractivity contribution in [2.24, 2.45) is 0 Å². The second kappa shape index (κ2) is 8.49. The van der Waals surface area contributed by atoms with Crippen LogP contribution in [0.1, 0.15) is 44.6 Å². The van der Waals surface area contributed by atoms with E-state index in [0.717, 1.165) is 42.6 Å². The summed E-state index contributed by atoms with van der Waals surface area (Å²) in [5, 5.41) is 9.26. The molecular formula is C22H28N6O3. The van der Waals surface area contributed by atoms with E-state index in [2.05, 4.69) is 14.9 Å². The van der Waals surface area contributed by atoms with Crippen LogP contribution in [0.25, 0.3) is 11.4 Å². The smallest absolute Gasteiger partial charge is 0.407 e. The second-order valence-electron chi connectivity index (χ2n) is 8.24. The first-order chi connectivity index (χ1) is 14.9. The maximum atomic E-state index is 13.0. The number of pyridine rings is 1. The van der Waals surface area contributed by atoms with Gasteiger partial charge in [0.1, 0.15) is 11.7 Å². The van der Waals surface area contributed by atoms with Crippen LogP contribution >= 0.6 is 0 Å². The number of anilines is 2. The van der Waals surface area contributed by atoms with Crippen LogP contribution in [0.4, 0.5) is 16.3 Å². The van der Waals surface area contributed by atoms with Crippen LogP contribution in [-0.4, -0.2) is 63.1 Å². The van der Waals surface area contributed by atoms with Gasteiger partial charge in [-0.05, 0) is 25.3 Å². The summed E-state index contributed by atoms with van der Waals surface area (Å²) < 4.78 is 0. The van der Waals surface area contributed by atoms with Crippen molar-refractivity contribution in [1.29, 1.82) is 0 Å². The topological polar surface area (TPSA) is 103 Å². The van der Waals surface area contributed by atoms with Gasteiger partial charge in [0, 0.05) is 43.7 Å². The summed E-state index contributed by atoms with van der Waals surface area (Å²) in [5.41, 5.74) is 2.18. The van der Waals surface area contributed by atoms with Gasteiger partial charge in [-0.2, -0.15) is 0 Å². The quantitative estimate of drug-likeness (QED) is 0.786. The number of carbonyl (C=O) groups excluding carboxylic acids is 1. The molecule has 1 aliphatic carbocycles. The van der Waals surface area contributed by atoms with Crippen molar-refractivity contribution < 1.29 is 14.7 Å². The third-order valence-corrected chi connectivity index (χ3v) is 6.29. The average Bonchev–Trinajstić information content (AvgIpc) is 3.30. The number of rotatable bonds is 5. The summed E-state index contributed by atoms with van der Waals surface area (Å²) >= 11 is 0. The minimum Gasteiger partial charge on any atom is -0.465 e. The third kappa shape index (κ3) is 3.80. The van der Waals surface area contributed by atoms with Crippen LogP contribution < -0.4 is 9.80 Å². The number of likely N-dealkylation sites (N-methyl/N-ethyl adjacent to an activating group) is 1. The minimum atomic E-state index is -1.01. The number of hydrogen-bond donors (Lipinski definition) is 1. The van der Waals surface area contributed by atoms with Crippen molar-refractivity contribution >= 4 is 23.5 Å². The summed E-state index contributed by atoms with van der Waals surface area (Å²) in [6.07, 6.45) is 9.12. The zero-order chi connectivity index (χ0) is 22.1. The first-order valence-electron chi connectivity index (χ1n) is 10.7. The molecule has 1 N–H and O–H groups in total. The molecule has 2 aromatic rings. The largest absolute Gasteiger partial charge is 0.465 e. The van der Waals surface area contributed by atoms with Crippen molar-refractivity contribution in [3.63, 3.8) is 0 Å². The lowest BCUT2D eigenvalue weighted by Crippen LogP contribution is -2.55. The first-order valence-corrected chi connectivity index (χ1v) is 10.7. The molecule has 0 bridgehead atoms. The van der Waals surface area contributed by atoms with Gasteiger partial charge in [-0.15, -0.1) is 0 Å². The fourth-order valence-electron chi connectivity index (χ4n) is 4.61. The molecular weight excluding hydrogens is 396 g/mol. The van der Waals surface area contributed by atoms with Crippen molar-refractivity contribution in [1.82, 2.24) is 19.9 Å². The highest BCUT2D eigenvalue weighted by Crippen LogP contribution is 2.40. The zero-order valence-electron chi connectivity index (χ0n) is 18.2. The summed E-state index contributed by atoms with van der Waals surface area (Å²) in [7, 11) is 3.29. The van der Waals surface area contributed by atoms with Gasteiger partial charge in [-0.1, -0.05) is 19.8 Å². The predicted octanol–water partition coefficient (Wildman–Crippen LogP) is 3.15. The van der Waals surface area contributed by atoms with Crippen LogP contribution in [0.2, 0.25) is 0 Å². The fraction of sp³-hybridized carbons (Fsp3) is 0.500. The number of carboxylic acid groups (broad SMARTS) is 1. The molecule has 1 aliphatic heterocycles. The van der Waals surface area contributed by atoms with Crippen molar-refractivity contribution in [3.05, 3.63) is 30.2 Å². The van der Waals surface area contributed by atoms with Gasteiger partial charge >= 0.3 is 6.09 Å². The standard InChI is InChI=1S/C22H28N6O3/c1-4-17-21(29)27(3)18-12-24-19(25-20(18)28(17)15-7-5-6-8-15)16-9-10-23-11-14(16)13-26(2)22(30)31/h9-12,15,17H,4-8,13H2,1-3H3,(H,30,31)/t17-/m1/s1. The molecule has 4 rings (SSSR count). The molecule has 1 saturated carbocycles. The van der Waals surface area contributed by atoms with Gasteiger partial charge in [0.15, 0.2) is 11.6 Å². The number of nitrogens with zero attached hydrogens (tertiary/aromatic N) is 6. The molecule has 0 aromatic carbocycles. The molecule has 1 fully saturated rings. The summed E-state index contributed by atoms with van der Waals surface area (Å²) in [6, 6.07) is 1.86.